The molecule has 1 saturated heterocycles. The van der Waals surface area contributed by atoms with Crippen LogP contribution in [0.1, 0.15) is 55.9 Å². The third-order valence-corrected chi connectivity index (χ3v) is 6.73. The molecule has 4 rings (SSSR count). The molecule has 3 N–H and O–H groups in total. The first-order valence-electron chi connectivity index (χ1n) is 11.5. The maximum absolute atomic E-state index is 13.2. The highest BCUT2D eigenvalue weighted by Gasteiger charge is 2.38. The van der Waals surface area contributed by atoms with Crippen LogP contribution in [-0.2, 0) is 9.59 Å². The van der Waals surface area contributed by atoms with Crippen molar-refractivity contribution in [1.29, 1.82) is 5.26 Å². The number of carbonyl (C=O) groups is 3. The van der Waals surface area contributed by atoms with E-state index in [0.717, 1.165) is 23.7 Å². The van der Waals surface area contributed by atoms with Crippen molar-refractivity contribution in [2.75, 3.05) is 13.7 Å². The number of hydrogen-bond acceptors (Lipinski definition) is 5. The third kappa shape index (κ3) is 5.19. The van der Waals surface area contributed by atoms with Crippen LogP contribution in [0.5, 0.6) is 5.75 Å². The Morgan fingerprint density at radius 3 is 2.76 bits per heavy atom. The number of ketones is 1. The molecule has 1 aromatic heterocycles. The predicted molar refractivity (Wildman–Crippen MR) is 123 cm³/mol. The number of rotatable bonds is 10. The van der Waals surface area contributed by atoms with E-state index in [1.807, 2.05) is 18.2 Å². The number of benzene rings is 1. The lowest BCUT2D eigenvalue weighted by molar-refractivity contribution is -0.128. The number of fused-ring (bicyclic) bond motifs is 1. The molecule has 0 radical (unpaired) electrons. The minimum absolute atomic E-state index is 0.0584. The molecule has 174 valence electrons. The van der Waals surface area contributed by atoms with Crippen LogP contribution in [0.2, 0.25) is 0 Å². The lowest BCUT2D eigenvalue weighted by Crippen LogP contribution is -2.49. The van der Waals surface area contributed by atoms with Crippen molar-refractivity contribution in [2.45, 2.75) is 51.0 Å². The fourth-order valence-electron chi connectivity index (χ4n) is 4.66. The SMILES string of the molecule is COc1cccc2[nH]c(C(=O)CC(CC3CC3)C(=O)NC(C)(C#N)CC3CCNC3=O)cc12. The summed E-state index contributed by atoms with van der Waals surface area (Å²) in [7, 11) is 1.58. The van der Waals surface area contributed by atoms with Gasteiger partial charge < -0.3 is 20.4 Å². The van der Waals surface area contributed by atoms with Crippen molar-refractivity contribution in [2.24, 2.45) is 17.8 Å². The van der Waals surface area contributed by atoms with Crippen LogP contribution in [0.3, 0.4) is 0 Å². The van der Waals surface area contributed by atoms with Gasteiger partial charge >= 0.3 is 0 Å². The molecular weight excluding hydrogens is 420 g/mol. The standard InChI is InChI=1S/C25H30N4O4/c1-25(14-26,13-16-8-9-27-23(16)31)29-24(32)17(10-15-6-7-15)11-21(30)20-12-18-19(28-20)4-3-5-22(18)33-2/h3-5,12,15-17,28H,6-11,13H2,1-2H3,(H,27,31)(H,29,32). The van der Waals surface area contributed by atoms with Gasteiger partial charge in [-0.15, -0.1) is 0 Å². The zero-order valence-electron chi connectivity index (χ0n) is 19.1. The maximum atomic E-state index is 13.2. The molecule has 3 unspecified atom stereocenters. The molecule has 0 spiro atoms. The van der Waals surface area contributed by atoms with Gasteiger partial charge in [0.05, 0.1) is 18.9 Å². The molecule has 2 fully saturated rings. The number of Topliss-reactive ketones (excluding diaryl/α,β-unsaturated/α-hetero) is 1. The monoisotopic (exact) mass is 450 g/mol. The minimum atomic E-state index is -1.16. The molecule has 1 saturated carbocycles. The Bertz CT molecular complexity index is 1110. The first-order valence-corrected chi connectivity index (χ1v) is 11.5. The topological polar surface area (TPSA) is 124 Å². The van der Waals surface area contributed by atoms with Gasteiger partial charge in [0.15, 0.2) is 5.78 Å². The second-order valence-corrected chi connectivity index (χ2v) is 9.52. The molecule has 2 aliphatic rings. The van der Waals surface area contributed by atoms with Gasteiger partial charge in [0.25, 0.3) is 0 Å². The zero-order chi connectivity index (χ0) is 23.6. The van der Waals surface area contributed by atoms with Crippen LogP contribution in [-0.4, -0.2) is 41.8 Å². The van der Waals surface area contributed by atoms with Gasteiger partial charge in [0.2, 0.25) is 11.8 Å². The van der Waals surface area contributed by atoms with E-state index in [4.69, 9.17) is 4.74 Å². The van der Waals surface area contributed by atoms with E-state index in [9.17, 15) is 19.6 Å². The van der Waals surface area contributed by atoms with E-state index in [1.54, 1.807) is 20.1 Å². The van der Waals surface area contributed by atoms with Crippen molar-refractivity contribution in [3.05, 3.63) is 30.0 Å². The quantitative estimate of drug-likeness (QED) is 0.480. The average Bonchev–Trinajstić information content (AvgIpc) is 3.36. The van der Waals surface area contributed by atoms with Crippen molar-refractivity contribution >= 4 is 28.5 Å². The van der Waals surface area contributed by atoms with E-state index >= 15 is 0 Å². The van der Waals surface area contributed by atoms with Gasteiger partial charge in [-0.3, -0.25) is 14.4 Å². The van der Waals surface area contributed by atoms with E-state index in [1.165, 1.54) is 0 Å². The normalized spacial score (nSPS) is 20.5. The third-order valence-electron chi connectivity index (χ3n) is 6.73. The summed E-state index contributed by atoms with van der Waals surface area (Å²) in [6.07, 6.45) is 3.70. The molecule has 2 heterocycles. The number of carbonyl (C=O) groups excluding carboxylic acids is 3. The molecule has 2 aromatic rings. The van der Waals surface area contributed by atoms with Crippen LogP contribution in [0.4, 0.5) is 0 Å². The van der Waals surface area contributed by atoms with Crippen LogP contribution in [0.15, 0.2) is 24.3 Å². The molecule has 3 atom stereocenters. The second kappa shape index (κ2) is 9.26. The first kappa shape index (κ1) is 22.8. The number of aromatic amines is 1. The van der Waals surface area contributed by atoms with Gasteiger partial charge in [0.1, 0.15) is 11.3 Å². The molecule has 1 aromatic carbocycles. The minimum Gasteiger partial charge on any atom is -0.496 e. The van der Waals surface area contributed by atoms with Crippen LogP contribution < -0.4 is 15.4 Å². The molecule has 8 nitrogen and oxygen atoms in total. The number of nitriles is 1. The average molecular weight is 451 g/mol. The highest BCUT2D eigenvalue weighted by molar-refractivity contribution is 6.02. The van der Waals surface area contributed by atoms with E-state index < -0.39 is 11.5 Å². The molecule has 8 heteroatoms. The van der Waals surface area contributed by atoms with Gasteiger partial charge in [-0.2, -0.15) is 5.26 Å². The predicted octanol–water partition coefficient (Wildman–Crippen LogP) is 3.09. The Kier molecular flexibility index (Phi) is 6.41. The Hall–Kier alpha value is -3.34. The zero-order valence-corrected chi connectivity index (χ0v) is 19.1. The summed E-state index contributed by atoms with van der Waals surface area (Å²) < 4.78 is 5.38. The van der Waals surface area contributed by atoms with Gasteiger partial charge in [-0.05, 0) is 50.3 Å². The molecule has 0 bridgehead atoms. The Morgan fingerprint density at radius 1 is 1.33 bits per heavy atom. The smallest absolute Gasteiger partial charge is 0.224 e. The fraction of sp³-hybridized carbons (Fsp3) is 0.520. The maximum Gasteiger partial charge on any atom is 0.224 e. The second-order valence-electron chi connectivity index (χ2n) is 9.52. The van der Waals surface area contributed by atoms with Crippen molar-refractivity contribution < 1.29 is 19.1 Å². The lowest BCUT2D eigenvalue weighted by Gasteiger charge is -2.28. The van der Waals surface area contributed by atoms with Crippen molar-refractivity contribution in [1.82, 2.24) is 15.6 Å². The summed E-state index contributed by atoms with van der Waals surface area (Å²) in [6.45, 7) is 2.24. The summed E-state index contributed by atoms with van der Waals surface area (Å²) in [5.74, 6) is -0.233. The summed E-state index contributed by atoms with van der Waals surface area (Å²) in [5, 5.41) is 16.2. The Morgan fingerprint density at radius 2 is 2.12 bits per heavy atom. The molecular formula is C25H30N4O4. The van der Waals surface area contributed by atoms with E-state index in [2.05, 4.69) is 21.7 Å². The summed E-state index contributed by atoms with van der Waals surface area (Å²) in [4.78, 5) is 41.5. The van der Waals surface area contributed by atoms with Crippen LogP contribution >= 0.6 is 0 Å². The number of hydrogen-bond donors (Lipinski definition) is 3. The summed E-state index contributed by atoms with van der Waals surface area (Å²) in [5.41, 5.74) is 0.0736. The van der Waals surface area contributed by atoms with E-state index in [-0.39, 0.29) is 36.4 Å². The molecule has 1 aliphatic carbocycles. The number of nitrogens with zero attached hydrogens (tertiary/aromatic N) is 1. The molecule has 1 aliphatic heterocycles. The van der Waals surface area contributed by atoms with Crippen molar-refractivity contribution in [3.8, 4) is 11.8 Å². The number of methoxy groups -OCH3 is 1. The van der Waals surface area contributed by atoms with Crippen molar-refractivity contribution in [3.63, 3.8) is 0 Å². The number of amides is 2. The number of nitrogens with one attached hydrogen (secondary N) is 3. The lowest BCUT2D eigenvalue weighted by atomic mass is 9.87. The van der Waals surface area contributed by atoms with Crippen LogP contribution in [0.25, 0.3) is 10.9 Å². The fourth-order valence-corrected chi connectivity index (χ4v) is 4.66. The highest BCUT2D eigenvalue weighted by atomic mass is 16.5. The van der Waals surface area contributed by atoms with Gasteiger partial charge in [0, 0.05) is 35.7 Å². The first-order chi connectivity index (χ1) is 15.8. The van der Waals surface area contributed by atoms with Gasteiger partial charge in [-0.1, -0.05) is 18.9 Å². The largest absolute Gasteiger partial charge is 0.496 e. The highest BCUT2D eigenvalue weighted by Crippen LogP contribution is 2.37. The Balaban J connectivity index is 1.48. The van der Waals surface area contributed by atoms with Crippen LogP contribution in [0, 0.1) is 29.1 Å². The number of ether oxygens (including phenoxy) is 1. The van der Waals surface area contributed by atoms with E-state index in [0.29, 0.717) is 36.7 Å². The molecule has 33 heavy (non-hydrogen) atoms. The number of H-pyrrole nitrogens is 1. The molecule has 2 amide bonds. The Labute approximate surface area is 193 Å². The summed E-state index contributed by atoms with van der Waals surface area (Å²) >= 11 is 0. The summed E-state index contributed by atoms with van der Waals surface area (Å²) in [6, 6.07) is 9.50. The number of aromatic nitrogens is 1. The van der Waals surface area contributed by atoms with Gasteiger partial charge in [-0.25, -0.2) is 0 Å².